The van der Waals surface area contributed by atoms with Crippen molar-refractivity contribution in [2.24, 2.45) is 0 Å². The zero-order valence-corrected chi connectivity index (χ0v) is 41.0. The molecule has 74 heavy (non-hydrogen) atoms. The summed E-state index contributed by atoms with van der Waals surface area (Å²) in [5.41, 5.74) is 12.1. The highest BCUT2D eigenvalue weighted by Crippen LogP contribution is 2.43. The molecule has 0 amide bonds. The van der Waals surface area contributed by atoms with E-state index in [-0.39, 0.29) is 12.0 Å². The van der Waals surface area contributed by atoms with E-state index in [1.165, 1.54) is 27.8 Å². The fourth-order valence-electron chi connectivity index (χ4n) is 9.19. The van der Waals surface area contributed by atoms with Gasteiger partial charge < -0.3 is 14.7 Å². The van der Waals surface area contributed by atoms with Gasteiger partial charge >= 0.3 is 23.0 Å². The summed E-state index contributed by atoms with van der Waals surface area (Å²) in [6.07, 6.45) is 1.34. The Bertz CT molecular complexity index is 2830. The molecule has 0 aliphatic carbocycles. The van der Waals surface area contributed by atoms with E-state index in [1.54, 1.807) is 0 Å². The summed E-state index contributed by atoms with van der Waals surface area (Å²) in [5, 5.41) is 21.4. The van der Waals surface area contributed by atoms with E-state index < -0.39 is 7.32 Å². The van der Waals surface area contributed by atoms with Gasteiger partial charge in [-0.3, -0.25) is 0 Å². The van der Waals surface area contributed by atoms with Crippen molar-refractivity contribution >= 4 is 7.32 Å². The monoisotopic (exact) mass is 962 g/mol. The Morgan fingerprint density at radius 3 is 0.770 bits per heavy atom. The van der Waals surface area contributed by atoms with Gasteiger partial charge in [0.2, 0.25) is 0 Å². The lowest BCUT2D eigenvalue weighted by atomic mass is 9.67. The molecule has 0 N–H and O–H groups in total. The molecule has 360 valence electrons. The van der Waals surface area contributed by atoms with Gasteiger partial charge in [-0.25, -0.2) is 8.83 Å². The summed E-state index contributed by atoms with van der Waals surface area (Å²) in [6.45, 7) is 0.159. The summed E-state index contributed by atoms with van der Waals surface area (Å²) in [4.78, 5) is 0. The van der Waals surface area contributed by atoms with E-state index in [4.69, 9.17) is 13.5 Å². The quantitative estimate of drug-likeness (QED) is 0.0470. The number of rotatable bonds is 14. The van der Waals surface area contributed by atoms with Crippen LogP contribution < -0.4 is 10.0 Å². The minimum atomic E-state index is -2.23. The molecule has 2 heterocycles. The van der Waals surface area contributed by atoms with Gasteiger partial charge in [0.05, 0.1) is 53.8 Å². The molecule has 0 saturated carbocycles. The van der Waals surface area contributed by atoms with Crippen molar-refractivity contribution < 1.29 is 23.5 Å². The molecule has 2 aromatic heterocycles. The van der Waals surface area contributed by atoms with Gasteiger partial charge in [0, 0.05) is 23.1 Å². The molecule has 0 fully saturated rings. The fourth-order valence-corrected chi connectivity index (χ4v) is 9.19. The second-order valence-electron chi connectivity index (χ2n) is 17.6. The molecular formula is C68H55BO5. The van der Waals surface area contributed by atoms with Crippen molar-refractivity contribution in [2.75, 3.05) is 6.61 Å². The highest BCUT2D eigenvalue weighted by Gasteiger charge is 2.35. The largest absolute Gasteiger partial charge is 0.871 e. The third kappa shape index (κ3) is 13.0. The van der Waals surface area contributed by atoms with E-state index in [1.807, 2.05) is 140 Å². The minimum Gasteiger partial charge on any atom is -0.871 e. The molecule has 0 spiro atoms. The lowest BCUT2D eigenvalue weighted by molar-refractivity contribution is -0.381. The van der Waals surface area contributed by atoms with Gasteiger partial charge in [0.25, 0.3) is 0 Å². The first-order valence-corrected chi connectivity index (χ1v) is 24.9. The zero-order valence-electron chi connectivity index (χ0n) is 41.0. The number of hydrogen-bond donors (Lipinski definition) is 0. The van der Waals surface area contributed by atoms with Crippen LogP contribution in [-0.2, 0) is 10.1 Å². The van der Waals surface area contributed by atoms with Crippen molar-refractivity contribution in [3.8, 4) is 67.5 Å². The van der Waals surface area contributed by atoms with Crippen LogP contribution in [0.3, 0.4) is 0 Å². The van der Waals surface area contributed by atoms with Gasteiger partial charge in [0.1, 0.15) is 0 Å². The van der Waals surface area contributed by atoms with E-state index in [0.29, 0.717) is 6.42 Å². The van der Waals surface area contributed by atoms with E-state index >= 15 is 0 Å². The van der Waals surface area contributed by atoms with Crippen LogP contribution >= 0.6 is 0 Å². The Hall–Kier alpha value is -8.78. The van der Waals surface area contributed by atoms with Crippen molar-refractivity contribution in [3.05, 3.63) is 314 Å². The van der Waals surface area contributed by atoms with E-state index in [2.05, 4.69) is 158 Å². The van der Waals surface area contributed by atoms with Gasteiger partial charge in [0.15, 0.2) is 0 Å². The Labute approximate surface area is 435 Å². The normalized spacial score (nSPS) is 10.8. The maximum absolute atomic E-state index is 10.7. The zero-order chi connectivity index (χ0) is 50.6. The van der Waals surface area contributed by atoms with Crippen LogP contribution in [0.2, 0.25) is 0 Å². The number of benzene rings is 9. The average molecular weight is 963 g/mol. The molecule has 9 aromatic carbocycles. The highest BCUT2D eigenvalue weighted by molar-refractivity contribution is 6.28. The summed E-state index contributed by atoms with van der Waals surface area (Å²) in [6, 6.07) is 101. The van der Waals surface area contributed by atoms with Crippen LogP contribution in [0.1, 0.15) is 29.5 Å². The van der Waals surface area contributed by atoms with Gasteiger partial charge in [-0.1, -0.05) is 224 Å². The molecule has 0 aliphatic heterocycles. The first-order valence-electron chi connectivity index (χ1n) is 24.9. The lowest BCUT2D eigenvalue weighted by Gasteiger charge is -2.37. The van der Waals surface area contributed by atoms with E-state index in [0.717, 1.165) is 62.8 Å². The third-order valence-corrected chi connectivity index (χ3v) is 12.8. The van der Waals surface area contributed by atoms with Crippen molar-refractivity contribution in [3.63, 3.8) is 0 Å². The van der Waals surface area contributed by atoms with Crippen LogP contribution in [0.5, 0.6) is 0 Å². The molecule has 0 atom stereocenters. The predicted molar refractivity (Wildman–Crippen MR) is 299 cm³/mol. The van der Waals surface area contributed by atoms with Crippen LogP contribution in [0.25, 0.3) is 67.5 Å². The van der Waals surface area contributed by atoms with Crippen LogP contribution in [0, 0.1) is 0 Å². The van der Waals surface area contributed by atoms with Crippen LogP contribution in [0.4, 0.5) is 0 Å². The summed E-state index contributed by atoms with van der Waals surface area (Å²) in [7, 11) is -2.23. The minimum absolute atomic E-state index is 0.159. The second kappa shape index (κ2) is 25.6. The molecular weight excluding hydrogens is 908 g/mol. The molecule has 0 unspecified atom stereocenters. The number of hydrogen-bond acceptors (Lipinski definition) is 3. The maximum atomic E-state index is 10.7. The van der Waals surface area contributed by atoms with Gasteiger partial charge in [-0.2, -0.15) is 0 Å². The molecule has 11 rings (SSSR count). The maximum Gasteiger partial charge on any atom is 0.361 e. The van der Waals surface area contributed by atoms with Crippen molar-refractivity contribution in [2.45, 2.75) is 18.3 Å². The predicted octanol–water partition coefficient (Wildman–Crippen LogP) is 15.6. The van der Waals surface area contributed by atoms with Crippen molar-refractivity contribution in [1.82, 2.24) is 0 Å². The molecule has 11 aromatic rings. The Balaban J connectivity index is 0.000000136. The standard InChI is InChI=1S/2C23H17O.C22H21BO3/c2*1-4-10-18(11-5-1)21-16-22(19-12-6-2-7-13-19)24-23(17-21)20-14-8-3-9-15-20;24-23(25)26-18-10-17-22(19-11-4-1-5-12-19,20-13-6-2-7-14-20)21-15-8-3-9-16-21/h2*1-17H;1-9,11-16H,10,17-18H2/q2*+1;-2. The summed E-state index contributed by atoms with van der Waals surface area (Å²) >= 11 is 0. The van der Waals surface area contributed by atoms with E-state index in [9.17, 15) is 10.0 Å². The average Bonchev–Trinajstić information content (AvgIpc) is 3.49. The van der Waals surface area contributed by atoms with Gasteiger partial charge in [-0.15, -0.1) is 0 Å². The Kier molecular flexibility index (Phi) is 17.3. The summed E-state index contributed by atoms with van der Waals surface area (Å²) < 4.78 is 17.2. The Morgan fingerprint density at radius 2 is 0.527 bits per heavy atom. The molecule has 0 saturated heterocycles. The van der Waals surface area contributed by atoms with Crippen LogP contribution in [-0.4, -0.2) is 13.9 Å². The fraction of sp³-hybridized carbons (Fsp3) is 0.0588. The highest BCUT2D eigenvalue weighted by atomic mass is 16.6. The molecule has 5 nitrogen and oxygen atoms in total. The first kappa shape index (κ1) is 50.2. The molecule has 0 bridgehead atoms. The summed E-state index contributed by atoms with van der Waals surface area (Å²) in [5.74, 6) is 3.48. The van der Waals surface area contributed by atoms with Crippen molar-refractivity contribution in [1.29, 1.82) is 0 Å². The smallest absolute Gasteiger partial charge is 0.361 e. The SMILES string of the molecule is [O-]B([O-])OCCCC(c1ccccc1)(c1ccccc1)c1ccccc1.c1ccc(-c2cc(-c3ccccc3)[o+]c(-c3ccccc3)c2)cc1.c1ccc(-c2cc(-c3ccccc3)[o+]c(-c3ccccc3)c2)cc1. The second-order valence-corrected chi connectivity index (χ2v) is 17.6. The Morgan fingerprint density at radius 1 is 0.297 bits per heavy atom. The molecule has 0 radical (unpaired) electrons. The molecule has 6 heteroatoms. The van der Waals surface area contributed by atoms with Crippen LogP contribution in [0.15, 0.2) is 306 Å². The topological polar surface area (TPSA) is 77.9 Å². The molecule has 0 aliphatic rings. The third-order valence-electron chi connectivity index (χ3n) is 12.8. The van der Waals surface area contributed by atoms with Gasteiger partial charge in [-0.05, 0) is 89.2 Å². The first-order chi connectivity index (χ1) is 36.5. The lowest BCUT2D eigenvalue weighted by Crippen LogP contribution is -2.48.